The maximum absolute atomic E-state index is 10.1. The van der Waals surface area contributed by atoms with Crippen LogP contribution in [0.1, 0.15) is 24.0 Å². The van der Waals surface area contributed by atoms with Gasteiger partial charge in [0.05, 0.1) is 12.7 Å². The molecular weight excluding hydrogens is 238 g/mol. The van der Waals surface area contributed by atoms with Crippen molar-refractivity contribution in [3.05, 3.63) is 35.4 Å². The highest BCUT2D eigenvalue weighted by Crippen LogP contribution is 2.22. The van der Waals surface area contributed by atoms with Crippen molar-refractivity contribution in [2.24, 2.45) is 5.92 Å². The number of hydrogen-bond donors (Lipinski definition) is 1. The van der Waals surface area contributed by atoms with E-state index in [-0.39, 0.29) is 12.0 Å². The zero-order valence-electron chi connectivity index (χ0n) is 11.4. The highest BCUT2D eigenvalue weighted by molar-refractivity contribution is 5.28. The standard InChI is InChI=1S/C16H23NO2/c18-16-7-9-19-12-15(16)11-17-8-3-6-13-4-1-2-5-14(13)10-17/h1-2,4-5,15-16,18H,3,6-12H2. The highest BCUT2D eigenvalue weighted by Gasteiger charge is 2.26. The van der Waals surface area contributed by atoms with Crippen LogP contribution in [0.5, 0.6) is 0 Å². The molecule has 104 valence electrons. The van der Waals surface area contributed by atoms with Gasteiger partial charge >= 0.3 is 0 Å². The molecular formula is C16H23NO2. The average Bonchev–Trinajstić information content (AvgIpc) is 2.63. The van der Waals surface area contributed by atoms with E-state index in [4.69, 9.17) is 4.74 Å². The first-order valence-electron chi connectivity index (χ1n) is 7.38. The van der Waals surface area contributed by atoms with E-state index in [1.165, 1.54) is 24.0 Å². The Morgan fingerprint density at radius 3 is 2.95 bits per heavy atom. The summed E-state index contributed by atoms with van der Waals surface area (Å²) in [6.07, 6.45) is 2.99. The topological polar surface area (TPSA) is 32.7 Å². The lowest BCUT2D eigenvalue weighted by molar-refractivity contribution is -0.0472. The average molecular weight is 261 g/mol. The molecule has 19 heavy (non-hydrogen) atoms. The molecule has 0 bridgehead atoms. The SMILES string of the molecule is OC1CCOCC1CN1CCCc2ccccc2C1. The van der Waals surface area contributed by atoms with Gasteiger partial charge < -0.3 is 9.84 Å². The Bertz CT molecular complexity index is 421. The largest absolute Gasteiger partial charge is 0.393 e. The van der Waals surface area contributed by atoms with Gasteiger partial charge in [0, 0.05) is 25.6 Å². The molecule has 2 heterocycles. The predicted octanol–water partition coefficient (Wildman–Crippen LogP) is 1.83. The minimum absolute atomic E-state index is 0.188. The van der Waals surface area contributed by atoms with Crippen LogP contribution >= 0.6 is 0 Å². The summed E-state index contributed by atoms with van der Waals surface area (Å²) >= 11 is 0. The number of benzene rings is 1. The molecule has 1 N–H and O–H groups in total. The number of aliphatic hydroxyl groups excluding tert-OH is 1. The summed E-state index contributed by atoms with van der Waals surface area (Å²) in [4.78, 5) is 2.48. The van der Waals surface area contributed by atoms with Gasteiger partial charge in [-0.25, -0.2) is 0 Å². The quantitative estimate of drug-likeness (QED) is 0.881. The lowest BCUT2D eigenvalue weighted by Crippen LogP contribution is -2.40. The van der Waals surface area contributed by atoms with E-state index < -0.39 is 0 Å². The Balaban J connectivity index is 1.65. The molecule has 2 aliphatic rings. The van der Waals surface area contributed by atoms with Crippen LogP contribution in [0.2, 0.25) is 0 Å². The third kappa shape index (κ3) is 3.16. The second-order valence-corrected chi connectivity index (χ2v) is 5.80. The molecule has 2 unspecified atom stereocenters. The third-order valence-corrected chi connectivity index (χ3v) is 4.36. The van der Waals surface area contributed by atoms with Crippen LogP contribution < -0.4 is 0 Å². The lowest BCUT2D eigenvalue weighted by Gasteiger charge is -2.32. The highest BCUT2D eigenvalue weighted by atomic mass is 16.5. The molecule has 1 fully saturated rings. The van der Waals surface area contributed by atoms with Crippen LogP contribution in [0.4, 0.5) is 0 Å². The number of rotatable bonds is 2. The van der Waals surface area contributed by atoms with Crippen LogP contribution in [0.3, 0.4) is 0 Å². The molecule has 3 rings (SSSR count). The number of aliphatic hydroxyl groups is 1. The molecule has 0 saturated carbocycles. The second kappa shape index (κ2) is 6.04. The van der Waals surface area contributed by atoms with Gasteiger partial charge in [-0.1, -0.05) is 24.3 Å². The van der Waals surface area contributed by atoms with E-state index in [0.29, 0.717) is 13.2 Å². The van der Waals surface area contributed by atoms with Gasteiger partial charge in [0.15, 0.2) is 0 Å². The molecule has 0 aromatic heterocycles. The van der Waals surface area contributed by atoms with E-state index in [1.54, 1.807) is 0 Å². The smallest absolute Gasteiger partial charge is 0.0624 e. The van der Waals surface area contributed by atoms with E-state index in [2.05, 4.69) is 29.2 Å². The zero-order chi connectivity index (χ0) is 13.1. The van der Waals surface area contributed by atoms with Crippen LogP contribution in [-0.2, 0) is 17.7 Å². The van der Waals surface area contributed by atoms with Crippen molar-refractivity contribution < 1.29 is 9.84 Å². The van der Waals surface area contributed by atoms with Crippen LogP contribution in [-0.4, -0.2) is 42.4 Å². The van der Waals surface area contributed by atoms with Gasteiger partial charge in [0.1, 0.15) is 0 Å². The maximum Gasteiger partial charge on any atom is 0.0624 e. The number of hydrogen-bond acceptors (Lipinski definition) is 3. The van der Waals surface area contributed by atoms with Crippen molar-refractivity contribution >= 4 is 0 Å². The van der Waals surface area contributed by atoms with E-state index in [1.807, 2.05) is 0 Å². The monoisotopic (exact) mass is 261 g/mol. The fraction of sp³-hybridized carbons (Fsp3) is 0.625. The van der Waals surface area contributed by atoms with Gasteiger partial charge in [-0.15, -0.1) is 0 Å². The number of ether oxygens (including phenoxy) is 1. The Morgan fingerprint density at radius 1 is 1.26 bits per heavy atom. The minimum Gasteiger partial charge on any atom is -0.393 e. The van der Waals surface area contributed by atoms with Crippen molar-refractivity contribution in [3.8, 4) is 0 Å². The first-order valence-corrected chi connectivity index (χ1v) is 7.38. The molecule has 1 saturated heterocycles. The Hall–Kier alpha value is -0.900. The molecule has 1 aromatic carbocycles. The fourth-order valence-corrected chi connectivity index (χ4v) is 3.22. The van der Waals surface area contributed by atoms with Crippen molar-refractivity contribution in [2.45, 2.75) is 31.9 Å². The van der Waals surface area contributed by atoms with Crippen molar-refractivity contribution in [1.82, 2.24) is 4.90 Å². The molecule has 0 amide bonds. The van der Waals surface area contributed by atoms with Crippen LogP contribution in [0.25, 0.3) is 0 Å². The zero-order valence-corrected chi connectivity index (χ0v) is 11.4. The van der Waals surface area contributed by atoms with Gasteiger partial charge in [0.25, 0.3) is 0 Å². The van der Waals surface area contributed by atoms with E-state index in [0.717, 1.165) is 26.1 Å². The van der Waals surface area contributed by atoms with Gasteiger partial charge in [-0.3, -0.25) is 4.90 Å². The van der Waals surface area contributed by atoms with Crippen molar-refractivity contribution in [3.63, 3.8) is 0 Å². The molecule has 3 heteroatoms. The minimum atomic E-state index is -0.188. The molecule has 0 spiro atoms. The van der Waals surface area contributed by atoms with E-state index in [9.17, 15) is 5.11 Å². The third-order valence-electron chi connectivity index (χ3n) is 4.36. The number of fused-ring (bicyclic) bond motifs is 1. The van der Waals surface area contributed by atoms with Crippen molar-refractivity contribution in [2.75, 3.05) is 26.3 Å². The Labute approximate surface area is 115 Å². The summed E-state index contributed by atoms with van der Waals surface area (Å²) in [5.41, 5.74) is 2.94. The summed E-state index contributed by atoms with van der Waals surface area (Å²) in [6.45, 7) is 4.51. The van der Waals surface area contributed by atoms with Gasteiger partial charge in [0.2, 0.25) is 0 Å². The second-order valence-electron chi connectivity index (χ2n) is 5.80. The number of nitrogens with zero attached hydrogens (tertiary/aromatic N) is 1. The summed E-state index contributed by atoms with van der Waals surface area (Å²) in [5.74, 6) is 0.277. The van der Waals surface area contributed by atoms with E-state index >= 15 is 0 Å². The Kier molecular flexibility index (Phi) is 4.16. The molecule has 0 radical (unpaired) electrons. The summed E-state index contributed by atoms with van der Waals surface area (Å²) in [5, 5.41) is 10.1. The fourth-order valence-electron chi connectivity index (χ4n) is 3.22. The molecule has 2 atom stereocenters. The molecule has 0 aliphatic carbocycles. The maximum atomic E-state index is 10.1. The molecule has 2 aliphatic heterocycles. The summed E-state index contributed by atoms with van der Waals surface area (Å²) in [6, 6.07) is 8.74. The van der Waals surface area contributed by atoms with Gasteiger partial charge in [-0.2, -0.15) is 0 Å². The molecule has 1 aromatic rings. The predicted molar refractivity (Wildman–Crippen MR) is 75.0 cm³/mol. The van der Waals surface area contributed by atoms with Crippen LogP contribution in [0, 0.1) is 5.92 Å². The van der Waals surface area contributed by atoms with Gasteiger partial charge in [-0.05, 0) is 36.9 Å². The van der Waals surface area contributed by atoms with Crippen molar-refractivity contribution in [1.29, 1.82) is 0 Å². The first kappa shape index (κ1) is 13.1. The molecule has 3 nitrogen and oxygen atoms in total. The number of aryl methyl sites for hydroxylation is 1. The summed E-state index contributed by atoms with van der Waals surface area (Å²) in [7, 11) is 0. The Morgan fingerprint density at radius 2 is 2.11 bits per heavy atom. The lowest BCUT2D eigenvalue weighted by atomic mass is 9.98. The first-order chi connectivity index (χ1) is 9.33. The summed E-state index contributed by atoms with van der Waals surface area (Å²) < 4.78 is 5.51. The normalized spacial score (nSPS) is 28.7. The van der Waals surface area contributed by atoms with Crippen LogP contribution in [0.15, 0.2) is 24.3 Å².